The maximum Gasteiger partial charge on any atom is 0.0233 e. The summed E-state index contributed by atoms with van der Waals surface area (Å²) < 4.78 is 0. The third-order valence-corrected chi connectivity index (χ3v) is 4.84. The average Bonchev–Trinajstić information content (AvgIpc) is 2.53. The summed E-state index contributed by atoms with van der Waals surface area (Å²) >= 11 is 0. The summed E-state index contributed by atoms with van der Waals surface area (Å²) in [5.41, 5.74) is 2.91. The summed E-state index contributed by atoms with van der Waals surface area (Å²) in [7, 11) is 0. The lowest BCUT2D eigenvalue weighted by Crippen LogP contribution is -2.34. The molecule has 0 radical (unpaired) electrons. The molecular weight excluding hydrogens is 256 g/mol. The number of likely N-dealkylation sites (tertiary alicyclic amines) is 1. The predicted molar refractivity (Wildman–Crippen MR) is 91.7 cm³/mol. The first-order valence-corrected chi connectivity index (χ1v) is 8.74. The van der Waals surface area contributed by atoms with Gasteiger partial charge in [0.05, 0.1) is 0 Å². The van der Waals surface area contributed by atoms with Crippen molar-refractivity contribution in [1.82, 2.24) is 10.2 Å². The molecule has 1 aliphatic rings. The van der Waals surface area contributed by atoms with Crippen LogP contribution in [-0.4, -0.2) is 31.1 Å². The average molecular weight is 288 g/mol. The minimum absolute atomic E-state index is 0.596. The fourth-order valence-electron chi connectivity index (χ4n) is 3.32. The highest BCUT2D eigenvalue weighted by molar-refractivity contribution is 5.25. The van der Waals surface area contributed by atoms with Gasteiger partial charge in [-0.25, -0.2) is 0 Å². The summed E-state index contributed by atoms with van der Waals surface area (Å²) in [6.45, 7) is 12.6. The van der Waals surface area contributed by atoms with E-state index < -0.39 is 0 Å². The number of rotatable bonds is 7. The van der Waals surface area contributed by atoms with E-state index in [0.29, 0.717) is 5.92 Å². The van der Waals surface area contributed by atoms with Crippen LogP contribution in [0.4, 0.5) is 0 Å². The van der Waals surface area contributed by atoms with Crippen LogP contribution in [0.1, 0.15) is 57.1 Å². The summed E-state index contributed by atoms with van der Waals surface area (Å²) in [6.07, 6.45) is 4.13. The van der Waals surface area contributed by atoms with E-state index in [1.807, 2.05) is 0 Å². The number of likely N-dealkylation sites (N-methyl/N-ethyl adjacent to an activating group) is 1. The van der Waals surface area contributed by atoms with Gasteiger partial charge in [0.1, 0.15) is 0 Å². The van der Waals surface area contributed by atoms with Crippen molar-refractivity contribution in [3.63, 3.8) is 0 Å². The van der Waals surface area contributed by atoms with Crippen molar-refractivity contribution in [2.45, 2.75) is 52.5 Å². The number of piperidine rings is 1. The fourth-order valence-corrected chi connectivity index (χ4v) is 3.32. The Morgan fingerprint density at radius 2 is 2.00 bits per heavy atom. The topological polar surface area (TPSA) is 15.3 Å². The van der Waals surface area contributed by atoms with Gasteiger partial charge in [-0.3, -0.25) is 4.90 Å². The normalized spacial score (nSPS) is 21.4. The number of nitrogens with zero attached hydrogens (tertiary/aromatic N) is 1. The Hall–Kier alpha value is -0.860. The van der Waals surface area contributed by atoms with Crippen LogP contribution in [0.3, 0.4) is 0 Å². The van der Waals surface area contributed by atoms with Gasteiger partial charge in [0, 0.05) is 19.6 Å². The SMILES string of the molecule is CCNCC(C)c1ccc(CN2CCCC(CC)C2)cc1. The number of hydrogen-bond acceptors (Lipinski definition) is 2. The van der Waals surface area contributed by atoms with Crippen LogP contribution in [0.5, 0.6) is 0 Å². The zero-order valence-corrected chi connectivity index (χ0v) is 14.1. The Labute approximate surface area is 130 Å². The highest BCUT2D eigenvalue weighted by Gasteiger charge is 2.18. The Morgan fingerprint density at radius 3 is 2.67 bits per heavy atom. The molecule has 0 aromatic heterocycles. The van der Waals surface area contributed by atoms with E-state index in [-0.39, 0.29) is 0 Å². The predicted octanol–water partition coefficient (Wildman–Crippen LogP) is 4.02. The van der Waals surface area contributed by atoms with Crippen LogP contribution in [0, 0.1) is 5.92 Å². The maximum absolute atomic E-state index is 3.43. The van der Waals surface area contributed by atoms with Crippen LogP contribution in [-0.2, 0) is 6.54 Å². The lowest BCUT2D eigenvalue weighted by molar-refractivity contribution is 0.165. The van der Waals surface area contributed by atoms with Gasteiger partial charge in [-0.1, -0.05) is 51.5 Å². The van der Waals surface area contributed by atoms with E-state index in [9.17, 15) is 0 Å². The Morgan fingerprint density at radius 1 is 1.24 bits per heavy atom. The molecule has 2 heteroatoms. The molecule has 2 unspecified atom stereocenters. The molecule has 0 aliphatic carbocycles. The molecule has 1 N–H and O–H groups in total. The highest BCUT2D eigenvalue weighted by Crippen LogP contribution is 2.21. The second kappa shape index (κ2) is 8.55. The molecule has 0 saturated carbocycles. The molecule has 1 fully saturated rings. The van der Waals surface area contributed by atoms with Crippen molar-refractivity contribution in [2.24, 2.45) is 5.92 Å². The molecule has 0 bridgehead atoms. The van der Waals surface area contributed by atoms with Crippen LogP contribution in [0.2, 0.25) is 0 Å². The third-order valence-electron chi connectivity index (χ3n) is 4.84. The van der Waals surface area contributed by atoms with Gasteiger partial charge in [-0.15, -0.1) is 0 Å². The zero-order valence-electron chi connectivity index (χ0n) is 14.1. The summed E-state index contributed by atoms with van der Waals surface area (Å²) in [6, 6.07) is 9.29. The standard InChI is InChI=1S/C19H32N2/c1-4-17-7-6-12-21(14-17)15-18-8-10-19(11-9-18)16(3)13-20-5-2/h8-11,16-17,20H,4-7,12-15H2,1-3H3. The fraction of sp³-hybridized carbons (Fsp3) is 0.684. The van der Waals surface area contributed by atoms with Crippen molar-refractivity contribution < 1.29 is 0 Å². The monoisotopic (exact) mass is 288 g/mol. The van der Waals surface area contributed by atoms with Crippen molar-refractivity contribution in [1.29, 1.82) is 0 Å². The molecule has 1 aromatic rings. The van der Waals surface area contributed by atoms with Crippen LogP contribution in [0.15, 0.2) is 24.3 Å². The van der Waals surface area contributed by atoms with E-state index in [0.717, 1.165) is 25.6 Å². The molecule has 2 rings (SSSR count). The van der Waals surface area contributed by atoms with Gasteiger partial charge in [-0.2, -0.15) is 0 Å². The first-order valence-electron chi connectivity index (χ1n) is 8.74. The first kappa shape index (κ1) is 16.5. The summed E-state index contributed by atoms with van der Waals surface area (Å²) in [5.74, 6) is 1.51. The number of benzene rings is 1. The Kier molecular flexibility index (Phi) is 6.72. The van der Waals surface area contributed by atoms with Crippen molar-refractivity contribution >= 4 is 0 Å². The lowest BCUT2D eigenvalue weighted by atomic mass is 9.95. The van der Waals surface area contributed by atoms with Gasteiger partial charge in [-0.05, 0) is 48.9 Å². The smallest absolute Gasteiger partial charge is 0.0233 e. The first-order chi connectivity index (χ1) is 10.2. The largest absolute Gasteiger partial charge is 0.316 e. The van der Waals surface area contributed by atoms with Crippen LogP contribution >= 0.6 is 0 Å². The van der Waals surface area contributed by atoms with Crippen LogP contribution in [0.25, 0.3) is 0 Å². The molecule has 0 spiro atoms. The van der Waals surface area contributed by atoms with E-state index in [1.165, 1.54) is 43.5 Å². The molecular formula is C19H32N2. The van der Waals surface area contributed by atoms with Crippen LogP contribution < -0.4 is 5.32 Å². The maximum atomic E-state index is 3.43. The van der Waals surface area contributed by atoms with Gasteiger partial charge in [0.25, 0.3) is 0 Å². The van der Waals surface area contributed by atoms with Gasteiger partial charge < -0.3 is 5.32 Å². The molecule has 21 heavy (non-hydrogen) atoms. The zero-order chi connectivity index (χ0) is 15.1. The number of nitrogens with one attached hydrogen (secondary N) is 1. The molecule has 1 saturated heterocycles. The summed E-state index contributed by atoms with van der Waals surface area (Å²) in [4.78, 5) is 2.63. The van der Waals surface area contributed by atoms with Gasteiger partial charge in [0.2, 0.25) is 0 Å². The molecule has 2 nitrogen and oxygen atoms in total. The second-order valence-electron chi connectivity index (χ2n) is 6.60. The Balaban J connectivity index is 1.87. The minimum atomic E-state index is 0.596. The molecule has 0 amide bonds. The Bertz CT molecular complexity index is 399. The van der Waals surface area contributed by atoms with Gasteiger partial charge in [0.15, 0.2) is 0 Å². The summed E-state index contributed by atoms with van der Waals surface area (Å²) in [5, 5.41) is 3.43. The van der Waals surface area contributed by atoms with Crippen molar-refractivity contribution in [3.8, 4) is 0 Å². The highest BCUT2D eigenvalue weighted by atomic mass is 15.1. The van der Waals surface area contributed by atoms with E-state index >= 15 is 0 Å². The van der Waals surface area contributed by atoms with Crippen molar-refractivity contribution in [2.75, 3.05) is 26.2 Å². The lowest BCUT2D eigenvalue weighted by Gasteiger charge is -2.32. The molecule has 1 aromatic carbocycles. The molecule has 1 aliphatic heterocycles. The van der Waals surface area contributed by atoms with E-state index in [4.69, 9.17) is 0 Å². The molecule has 1 heterocycles. The third kappa shape index (κ3) is 5.12. The quantitative estimate of drug-likeness (QED) is 0.815. The van der Waals surface area contributed by atoms with Gasteiger partial charge >= 0.3 is 0 Å². The van der Waals surface area contributed by atoms with Crippen molar-refractivity contribution in [3.05, 3.63) is 35.4 Å². The number of hydrogen-bond donors (Lipinski definition) is 1. The van der Waals surface area contributed by atoms with E-state index in [2.05, 4.69) is 55.3 Å². The minimum Gasteiger partial charge on any atom is -0.316 e. The molecule has 118 valence electrons. The van der Waals surface area contributed by atoms with E-state index in [1.54, 1.807) is 0 Å². The second-order valence-corrected chi connectivity index (χ2v) is 6.60. The molecule has 2 atom stereocenters.